The van der Waals surface area contributed by atoms with Gasteiger partial charge in [-0.05, 0) is 0 Å². The molecule has 0 bridgehead atoms. The average molecular weight is 133 g/mol. The standard InChI is InChI=1S/C4H7NO4/c1-2(6)9-4(8)3(5)7/h3,7H,5H2,1H3. The summed E-state index contributed by atoms with van der Waals surface area (Å²) < 4.78 is 3.86. The van der Waals surface area contributed by atoms with Crippen LogP contribution in [0.2, 0.25) is 0 Å². The van der Waals surface area contributed by atoms with Crippen LogP contribution in [0.4, 0.5) is 0 Å². The van der Waals surface area contributed by atoms with E-state index in [1.54, 1.807) is 0 Å². The lowest BCUT2D eigenvalue weighted by atomic mass is 10.6. The van der Waals surface area contributed by atoms with E-state index in [4.69, 9.17) is 5.11 Å². The lowest BCUT2D eigenvalue weighted by Crippen LogP contribution is -2.32. The Morgan fingerprint density at radius 2 is 2.11 bits per heavy atom. The van der Waals surface area contributed by atoms with E-state index in [0.717, 1.165) is 6.92 Å². The third-order valence-corrected chi connectivity index (χ3v) is 0.486. The van der Waals surface area contributed by atoms with Crippen molar-refractivity contribution in [1.29, 1.82) is 0 Å². The first kappa shape index (κ1) is 8.06. The molecule has 5 nitrogen and oxygen atoms in total. The molecule has 0 aliphatic heterocycles. The van der Waals surface area contributed by atoms with Gasteiger partial charge in [-0.25, -0.2) is 4.79 Å². The Morgan fingerprint density at radius 1 is 1.67 bits per heavy atom. The van der Waals surface area contributed by atoms with Crippen LogP contribution >= 0.6 is 0 Å². The fourth-order valence-electron chi connectivity index (χ4n) is 0.202. The number of aliphatic hydroxyl groups excluding tert-OH is 1. The van der Waals surface area contributed by atoms with Gasteiger partial charge in [-0.3, -0.25) is 10.5 Å². The van der Waals surface area contributed by atoms with E-state index >= 15 is 0 Å². The van der Waals surface area contributed by atoms with E-state index in [0.29, 0.717) is 0 Å². The van der Waals surface area contributed by atoms with Gasteiger partial charge in [-0.15, -0.1) is 0 Å². The second-order valence-electron chi connectivity index (χ2n) is 1.36. The molecular formula is C4H7NO4. The monoisotopic (exact) mass is 133 g/mol. The highest BCUT2D eigenvalue weighted by molar-refractivity contribution is 5.86. The number of hydrogen-bond donors (Lipinski definition) is 2. The normalized spacial score (nSPS) is 12.3. The van der Waals surface area contributed by atoms with Crippen LogP contribution in [-0.2, 0) is 14.3 Å². The van der Waals surface area contributed by atoms with Gasteiger partial charge in [-0.1, -0.05) is 0 Å². The molecule has 1 atom stereocenters. The number of aliphatic hydroxyl groups is 1. The van der Waals surface area contributed by atoms with Crippen LogP contribution in [0.15, 0.2) is 0 Å². The van der Waals surface area contributed by atoms with Crippen LogP contribution < -0.4 is 5.73 Å². The summed E-state index contributed by atoms with van der Waals surface area (Å²) in [4.78, 5) is 20.1. The first-order chi connectivity index (χ1) is 4.04. The molecule has 0 aliphatic rings. The molecule has 9 heavy (non-hydrogen) atoms. The van der Waals surface area contributed by atoms with Gasteiger partial charge in [0.05, 0.1) is 0 Å². The minimum Gasteiger partial charge on any atom is -0.390 e. The quantitative estimate of drug-likeness (QED) is 0.254. The summed E-state index contributed by atoms with van der Waals surface area (Å²) in [6.07, 6.45) is -1.73. The van der Waals surface area contributed by atoms with E-state index in [-0.39, 0.29) is 0 Å². The lowest BCUT2D eigenvalue weighted by Gasteiger charge is -1.99. The second-order valence-corrected chi connectivity index (χ2v) is 1.36. The van der Waals surface area contributed by atoms with Crippen molar-refractivity contribution >= 4 is 11.9 Å². The summed E-state index contributed by atoms with van der Waals surface area (Å²) in [5.41, 5.74) is 4.61. The molecule has 0 spiro atoms. The van der Waals surface area contributed by atoms with Gasteiger partial charge >= 0.3 is 11.9 Å². The van der Waals surface area contributed by atoms with E-state index in [2.05, 4.69) is 10.5 Å². The number of carbonyl (C=O) groups excluding carboxylic acids is 2. The minimum absolute atomic E-state index is 0.787. The van der Waals surface area contributed by atoms with Crippen molar-refractivity contribution in [3.05, 3.63) is 0 Å². The first-order valence-corrected chi connectivity index (χ1v) is 2.20. The van der Waals surface area contributed by atoms with Crippen LogP contribution in [0, 0.1) is 0 Å². The van der Waals surface area contributed by atoms with Gasteiger partial charge in [0.15, 0.2) is 0 Å². The molecule has 0 aliphatic carbocycles. The average Bonchev–Trinajstić information content (AvgIpc) is 1.63. The fraction of sp³-hybridized carbons (Fsp3) is 0.500. The molecule has 0 amide bonds. The van der Waals surface area contributed by atoms with Crippen molar-refractivity contribution in [1.82, 2.24) is 0 Å². The number of carbonyl (C=O) groups is 2. The number of esters is 2. The molecule has 0 aromatic heterocycles. The molecule has 0 aromatic carbocycles. The van der Waals surface area contributed by atoms with Crippen molar-refractivity contribution in [3.63, 3.8) is 0 Å². The summed E-state index contributed by atoms with van der Waals surface area (Å²) in [7, 11) is 0. The van der Waals surface area contributed by atoms with Gasteiger partial charge in [0.25, 0.3) is 0 Å². The predicted molar refractivity (Wildman–Crippen MR) is 27.0 cm³/mol. The molecule has 0 radical (unpaired) electrons. The number of nitrogens with two attached hydrogens (primary N) is 1. The van der Waals surface area contributed by atoms with Gasteiger partial charge in [0.2, 0.25) is 6.23 Å². The maximum Gasteiger partial charge on any atom is 0.357 e. The Balaban J connectivity index is 3.64. The highest BCUT2D eigenvalue weighted by Crippen LogP contribution is 1.80. The zero-order valence-corrected chi connectivity index (χ0v) is 4.83. The van der Waals surface area contributed by atoms with Crippen LogP contribution in [0.25, 0.3) is 0 Å². The first-order valence-electron chi connectivity index (χ1n) is 2.20. The highest BCUT2D eigenvalue weighted by Gasteiger charge is 2.12. The molecule has 0 fully saturated rings. The van der Waals surface area contributed by atoms with Crippen molar-refractivity contribution < 1.29 is 19.4 Å². The van der Waals surface area contributed by atoms with Crippen molar-refractivity contribution in [3.8, 4) is 0 Å². The van der Waals surface area contributed by atoms with Crippen LogP contribution in [-0.4, -0.2) is 23.3 Å². The number of hydrogen-bond acceptors (Lipinski definition) is 5. The summed E-state index contributed by atoms with van der Waals surface area (Å²) in [5.74, 6) is -1.92. The Kier molecular flexibility index (Phi) is 2.83. The van der Waals surface area contributed by atoms with Crippen LogP contribution in [0.3, 0.4) is 0 Å². The lowest BCUT2D eigenvalue weighted by molar-refractivity contribution is -0.164. The number of rotatable bonds is 1. The predicted octanol–water partition coefficient (Wildman–Crippen LogP) is -1.65. The summed E-state index contributed by atoms with van der Waals surface area (Å²) in [6.45, 7) is 1.04. The molecular weight excluding hydrogens is 126 g/mol. The van der Waals surface area contributed by atoms with Gasteiger partial charge < -0.3 is 9.84 Å². The largest absolute Gasteiger partial charge is 0.390 e. The Hall–Kier alpha value is -0.940. The fourth-order valence-corrected chi connectivity index (χ4v) is 0.202. The molecule has 0 aromatic rings. The van der Waals surface area contributed by atoms with E-state index in [1.165, 1.54) is 0 Å². The summed E-state index contributed by atoms with van der Waals surface area (Å²) >= 11 is 0. The zero-order chi connectivity index (χ0) is 7.44. The smallest absolute Gasteiger partial charge is 0.357 e. The zero-order valence-electron chi connectivity index (χ0n) is 4.83. The maximum atomic E-state index is 10.1. The molecule has 1 unspecified atom stereocenters. The third-order valence-electron chi connectivity index (χ3n) is 0.486. The molecule has 0 rings (SSSR count). The number of ether oxygens (including phenoxy) is 1. The molecule has 3 N–H and O–H groups in total. The maximum absolute atomic E-state index is 10.1. The Morgan fingerprint density at radius 3 is 2.22 bits per heavy atom. The van der Waals surface area contributed by atoms with Gasteiger partial charge in [0.1, 0.15) is 0 Å². The molecule has 52 valence electrons. The Bertz CT molecular complexity index is 131. The van der Waals surface area contributed by atoms with Crippen molar-refractivity contribution in [2.75, 3.05) is 0 Å². The van der Waals surface area contributed by atoms with E-state index in [9.17, 15) is 9.59 Å². The van der Waals surface area contributed by atoms with Crippen LogP contribution in [0.1, 0.15) is 6.92 Å². The molecule has 0 heterocycles. The topological polar surface area (TPSA) is 89.6 Å². The van der Waals surface area contributed by atoms with Gasteiger partial charge in [0, 0.05) is 6.92 Å². The summed E-state index contributed by atoms with van der Waals surface area (Å²) in [6, 6.07) is 0. The molecule has 0 saturated carbocycles. The second kappa shape index (κ2) is 3.16. The molecule has 5 heteroatoms. The van der Waals surface area contributed by atoms with Gasteiger partial charge in [-0.2, -0.15) is 0 Å². The SMILES string of the molecule is CC(=O)OC(=O)C(N)O. The highest BCUT2D eigenvalue weighted by atomic mass is 16.6. The van der Waals surface area contributed by atoms with Crippen molar-refractivity contribution in [2.24, 2.45) is 5.73 Å². The van der Waals surface area contributed by atoms with E-state index in [1.807, 2.05) is 0 Å². The van der Waals surface area contributed by atoms with Crippen LogP contribution in [0.5, 0.6) is 0 Å². The molecule has 0 saturated heterocycles. The third kappa shape index (κ3) is 3.63. The summed E-state index contributed by atoms with van der Waals surface area (Å²) in [5, 5.41) is 8.22. The Labute approximate surface area is 51.4 Å². The van der Waals surface area contributed by atoms with E-state index < -0.39 is 18.2 Å². The van der Waals surface area contributed by atoms with Crippen molar-refractivity contribution in [2.45, 2.75) is 13.2 Å². The minimum atomic E-state index is -1.73.